The zero-order valence-corrected chi connectivity index (χ0v) is 10.5. The van der Waals surface area contributed by atoms with Crippen molar-refractivity contribution in [3.63, 3.8) is 0 Å². The van der Waals surface area contributed by atoms with E-state index in [1.165, 1.54) is 19.3 Å². The van der Waals surface area contributed by atoms with Crippen molar-refractivity contribution >= 4 is 5.91 Å². The monoisotopic (exact) mass is 211 g/mol. The number of carbonyl (C=O) groups is 1. The molecule has 2 heteroatoms. The lowest BCUT2D eigenvalue weighted by Crippen LogP contribution is -2.31. The van der Waals surface area contributed by atoms with Crippen LogP contribution in [0, 0.1) is 17.8 Å². The molecule has 88 valence electrons. The predicted octanol–water partition coefficient (Wildman–Crippen LogP) is 2.97. The fourth-order valence-electron chi connectivity index (χ4n) is 2.07. The molecule has 1 N–H and O–H groups in total. The smallest absolute Gasteiger partial charge is 0.223 e. The van der Waals surface area contributed by atoms with Gasteiger partial charge in [0.05, 0.1) is 0 Å². The van der Waals surface area contributed by atoms with E-state index in [1.807, 2.05) is 13.8 Å². The first-order valence-electron chi connectivity index (χ1n) is 6.31. The van der Waals surface area contributed by atoms with Gasteiger partial charge in [-0.1, -0.05) is 26.7 Å². The van der Waals surface area contributed by atoms with Crippen LogP contribution in [0.4, 0.5) is 0 Å². The molecular weight excluding hydrogens is 186 g/mol. The van der Waals surface area contributed by atoms with Crippen molar-refractivity contribution in [3.8, 4) is 0 Å². The Balaban J connectivity index is 2.09. The van der Waals surface area contributed by atoms with Crippen molar-refractivity contribution in [1.29, 1.82) is 0 Å². The van der Waals surface area contributed by atoms with Crippen LogP contribution in [0.3, 0.4) is 0 Å². The van der Waals surface area contributed by atoms with E-state index >= 15 is 0 Å². The van der Waals surface area contributed by atoms with Gasteiger partial charge in [0.15, 0.2) is 0 Å². The Kier molecular flexibility index (Phi) is 4.62. The summed E-state index contributed by atoms with van der Waals surface area (Å²) in [5.41, 5.74) is 0. The lowest BCUT2D eigenvalue weighted by Gasteiger charge is -2.08. The molecule has 0 aromatic rings. The van der Waals surface area contributed by atoms with Gasteiger partial charge in [0, 0.05) is 12.0 Å². The SMILES string of the molecule is CC(C)CCC[C@@H]1C[C@H]1C(=O)NC(C)C. The number of rotatable bonds is 6. The molecule has 2 atom stereocenters. The molecule has 1 saturated carbocycles. The maximum absolute atomic E-state index is 11.6. The Morgan fingerprint density at radius 3 is 2.53 bits per heavy atom. The van der Waals surface area contributed by atoms with Gasteiger partial charge in [-0.25, -0.2) is 0 Å². The van der Waals surface area contributed by atoms with Crippen molar-refractivity contribution in [2.24, 2.45) is 17.8 Å². The van der Waals surface area contributed by atoms with Crippen LogP contribution in [0.2, 0.25) is 0 Å². The summed E-state index contributed by atoms with van der Waals surface area (Å²) in [5, 5.41) is 2.99. The van der Waals surface area contributed by atoms with Gasteiger partial charge in [0.2, 0.25) is 5.91 Å². The van der Waals surface area contributed by atoms with Gasteiger partial charge < -0.3 is 5.32 Å². The van der Waals surface area contributed by atoms with Crippen LogP contribution >= 0.6 is 0 Å². The molecule has 0 saturated heterocycles. The molecule has 0 spiro atoms. The minimum atomic E-state index is 0.277. The third kappa shape index (κ3) is 4.67. The standard InChI is InChI=1S/C13H25NO/c1-9(2)6-5-7-11-8-12(11)13(15)14-10(3)4/h9-12H,5-8H2,1-4H3,(H,14,15)/t11-,12-/m1/s1. The lowest BCUT2D eigenvalue weighted by atomic mass is 10.0. The number of nitrogens with one attached hydrogen (secondary N) is 1. The highest BCUT2D eigenvalue weighted by atomic mass is 16.2. The normalized spacial score (nSPS) is 24.7. The van der Waals surface area contributed by atoms with Crippen LogP contribution in [0.5, 0.6) is 0 Å². The third-order valence-electron chi connectivity index (χ3n) is 3.05. The van der Waals surface area contributed by atoms with E-state index in [1.54, 1.807) is 0 Å². The molecule has 0 radical (unpaired) electrons. The molecule has 1 aliphatic carbocycles. The number of amides is 1. The highest BCUT2D eigenvalue weighted by Gasteiger charge is 2.42. The van der Waals surface area contributed by atoms with E-state index in [4.69, 9.17) is 0 Å². The van der Waals surface area contributed by atoms with Gasteiger partial charge in [0.25, 0.3) is 0 Å². The van der Waals surface area contributed by atoms with Crippen LogP contribution in [0.25, 0.3) is 0 Å². The second-order valence-corrected chi connectivity index (χ2v) is 5.59. The minimum Gasteiger partial charge on any atom is -0.354 e. The van der Waals surface area contributed by atoms with Gasteiger partial charge in [-0.15, -0.1) is 0 Å². The average Bonchev–Trinajstić information content (AvgIpc) is 2.81. The fraction of sp³-hybridized carbons (Fsp3) is 0.923. The highest BCUT2D eigenvalue weighted by molar-refractivity contribution is 5.81. The van der Waals surface area contributed by atoms with Gasteiger partial charge in [-0.05, 0) is 38.5 Å². The summed E-state index contributed by atoms with van der Waals surface area (Å²) < 4.78 is 0. The van der Waals surface area contributed by atoms with E-state index in [2.05, 4.69) is 19.2 Å². The van der Waals surface area contributed by atoms with Gasteiger partial charge in [-0.2, -0.15) is 0 Å². The van der Waals surface area contributed by atoms with Crippen molar-refractivity contribution in [3.05, 3.63) is 0 Å². The minimum absolute atomic E-state index is 0.277. The van der Waals surface area contributed by atoms with E-state index in [0.717, 1.165) is 12.3 Å². The molecule has 0 aliphatic heterocycles. The maximum Gasteiger partial charge on any atom is 0.223 e. The maximum atomic E-state index is 11.6. The first kappa shape index (κ1) is 12.5. The zero-order chi connectivity index (χ0) is 11.4. The molecule has 2 nitrogen and oxygen atoms in total. The Morgan fingerprint density at radius 1 is 1.33 bits per heavy atom. The molecule has 1 rings (SSSR count). The number of hydrogen-bond acceptors (Lipinski definition) is 1. The fourth-order valence-corrected chi connectivity index (χ4v) is 2.07. The topological polar surface area (TPSA) is 29.1 Å². The average molecular weight is 211 g/mol. The van der Waals surface area contributed by atoms with Crippen molar-refractivity contribution < 1.29 is 4.79 Å². The van der Waals surface area contributed by atoms with Crippen LogP contribution in [0.15, 0.2) is 0 Å². The van der Waals surface area contributed by atoms with Crippen LogP contribution in [-0.4, -0.2) is 11.9 Å². The second-order valence-electron chi connectivity index (χ2n) is 5.59. The van der Waals surface area contributed by atoms with Crippen molar-refractivity contribution in [2.75, 3.05) is 0 Å². The van der Waals surface area contributed by atoms with E-state index < -0.39 is 0 Å². The molecule has 1 fully saturated rings. The third-order valence-corrected chi connectivity index (χ3v) is 3.05. The van der Waals surface area contributed by atoms with Crippen molar-refractivity contribution in [1.82, 2.24) is 5.32 Å². The first-order valence-corrected chi connectivity index (χ1v) is 6.31. The Bertz CT molecular complexity index is 211. The van der Waals surface area contributed by atoms with Crippen molar-refractivity contribution in [2.45, 2.75) is 59.4 Å². The molecule has 1 amide bonds. The van der Waals surface area contributed by atoms with Gasteiger partial charge >= 0.3 is 0 Å². The summed E-state index contributed by atoms with van der Waals surface area (Å²) in [6, 6.07) is 0.286. The molecule has 0 aromatic heterocycles. The zero-order valence-electron chi connectivity index (χ0n) is 10.5. The van der Waals surface area contributed by atoms with Gasteiger partial charge in [-0.3, -0.25) is 4.79 Å². The summed E-state index contributed by atoms with van der Waals surface area (Å²) in [6.45, 7) is 8.56. The number of carbonyl (C=O) groups excluding carboxylic acids is 1. The Hall–Kier alpha value is -0.530. The molecule has 0 unspecified atom stereocenters. The summed E-state index contributed by atoms with van der Waals surface area (Å²) in [6.07, 6.45) is 4.95. The second kappa shape index (κ2) is 5.53. The molecule has 0 heterocycles. The lowest BCUT2D eigenvalue weighted by molar-refractivity contribution is -0.123. The predicted molar refractivity (Wildman–Crippen MR) is 63.6 cm³/mol. The summed E-state index contributed by atoms with van der Waals surface area (Å²) in [5.74, 6) is 2.09. The molecule has 0 aromatic carbocycles. The Morgan fingerprint density at radius 2 is 2.00 bits per heavy atom. The largest absolute Gasteiger partial charge is 0.354 e. The molecule has 1 aliphatic rings. The van der Waals surface area contributed by atoms with Crippen LogP contribution in [0.1, 0.15) is 53.4 Å². The van der Waals surface area contributed by atoms with E-state index in [-0.39, 0.29) is 11.9 Å². The molecule has 0 bridgehead atoms. The summed E-state index contributed by atoms with van der Waals surface area (Å²) >= 11 is 0. The van der Waals surface area contributed by atoms with Gasteiger partial charge in [0.1, 0.15) is 0 Å². The summed E-state index contributed by atoms with van der Waals surface area (Å²) in [7, 11) is 0. The van der Waals surface area contributed by atoms with Crippen LogP contribution < -0.4 is 5.32 Å². The summed E-state index contributed by atoms with van der Waals surface area (Å²) in [4.78, 5) is 11.6. The molecule has 15 heavy (non-hydrogen) atoms. The number of hydrogen-bond donors (Lipinski definition) is 1. The highest BCUT2D eigenvalue weighted by Crippen LogP contribution is 2.42. The van der Waals surface area contributed by atoms with Crippen LogP contribution in [-0.2, 0) is 4.79 Å². The quantitative estimate of drug-likeness (QED) is 0.719. The van der Waals surface area contributed by atoms with E-state index in [0.29, 0.717) is 11.8 Å². The van der Waals surface area contributed by atoms with E-state index in [9.17, 15) is 4.79 Å². The Labute approximate surface area is 93.8 Å². The first-order chi connectivity index (χ1) is 7.00. The molecular formula is C13H25NO.